The van der Waals surface area contributed by atoms with Crippen molar-refractivity contribution in [3.8, 4) is 0 Å². The van der Waals surface area contributed by atoms with Crippen LogP contribution in [0.3, 0.4) is 0 Å². The SMILES string of the molecule is CCSCCC(NC(=O)C1OC(OC2C(OC3CCC4(C)C(CCC5(C)C4C(=O)C=C4C6CC(C)(C(=O)NC(CCSCC)C(=O)OC)CCC6(C)CCC45C)C3(C)C)OC(C(=O)NC(CCSCC)C(=O)OC)C(O)C2O)C(O)C(O)C1O)C(=O)OC. The van der Waals surface area contributed by atoms with Crippen molar-refractivity contribution >= 4 is 76.7 Å². The molecule has 0 bridgehead atoms. The number of aliphatic hydroxyl groups excluding tert-OH is 5. The Hall–Kier alpha value is -3.08. The van der Waals surface area contributed by atoms with Crippen LogP contribution >= 0.6 is 35.3 Å². The number of thioether (sulfide) groups is 3. The van der Waals surface area contributed by atoms with Crippen LogP contribution in [0, 0.1) is 50.2 Å². The summed E-state index contributed by atoms with van der Waals surface area (Å²) < 4.78 is 40.6. The fourth-order valence-corrected chi connectivity index (χ4v) is 18.5. The summed E-state index contributed by atoms with van der Waals surface area (Å²) in [6.07, 6.45) is -12.0. The van der Waals surface area contributed by atoms with Gasteiger partial charge in [-0.1, -0.05) is 74.8 Å². The van der Waals surface area contributed by atoms with E-state index in [0.29, 0.717) is 62.2 Å². The molecular formula is C63H101N3O19S3. The van der Waals surface area contributed by atoms with Gasteiger partial charge in [0.05, 0.1) is 27.4 Å². The molecule has 0 radical (unpaired) electrons. The van der Waals surface area contributed by atoms with Gasteiger partial charge in [0.2, 0.25) is 5.91 Å². The van der Waals surface area contributed by atoms with Gasteiger partial charge in [-0.2, -0.15) is 35.3 Å². The molecule has 4 saturated carbocycles. The minimum absolute atomic E-state index is 0.0488. The lowest BCUT2D eigenvalue weighted by Crippen LogP contribution is -2.69. The summed E-state index contributed by atoms with van der Waals surface area (Å²) in [5.41, 5.74) is -2.14. The molecule has 8 N–H and O–H groups in total. The van der Waals surface area contributed by atoms with Gasteiger partial charge >= 0.3 is 17.9 Å². The number of esters is 3. The van der Waals surface area contributed by atoms with Crippen molar-refractivity contribution in [3.05, 3.63) is 11.6 Å². The number of nitrogens with one attached hydrogen (secondary N) is 3. The van der Waals surface area contributed by atoms with Crippen LogP contribution in [0.25, 0.3) is 0 Å². The molecule has 0 spiro atoms. The van der Waals surface area contributed by atoms with Gasteiger partial charge in [0, 0.05) is 11.3 Å². The highest BCUT2D eigenvalue weighted by molar-refractivity contribution is 7.99. The summed E-state index contributed by atoms with van der Waals surface area (Å²) in [5.74, 6) is -0.838. The Morgan fingerprint density at radius 1 is 0.602 bits per heavy atom. The number of methoxy groups -OCH3 is 3. The highest BCUT2D eigenvalue weighted by Gasteiger charge is 2.71. The lowest BCUT2D eigenvalue weighted by atomic mass is 9.33. The monoisotopic (exact) mass is 1300 g/mol. The molecule has 6 fully saturated rings. The number of hydrogen-bond acceptors (Lipinski definition) is 22. The van der Waals surface area contributed by atoms with Crippen molar-refractivity contribution < 1.29 is 92.3 Å². The number of carbonyl (C=O) groups is 7. The summed E-state index contributed by atoms with van der Waals surface area (Å²) in [7, 11) is 3.66. The number of ether oxygens (including phenoxy) is 7. The number of amides is 3. The second kappa shape index (κ2) is 29.5. The molecule has 500 valence electrons. The summed E-state index contributed by atoms with van der Waals surface area (Å²) >= 11 is 4.73. The van der Waals surface area contributed by atoms with E-state index in [0.717, 1.165) is 49.2 Å². The van der Waals surface area contributed by atoms with Gasteiger partial charge in [-0.15, -0.1) is 0 Å². The Morgan fingerprint density at radius 2 is 1.09 bits per heavy atom. The van der Waals surface area contributed by atoms with E-state index in [1.807, 2.05) is 47.6 Å². The number of aliphatic hydroxyl groups is 5. The largest absolute Gasteiger partial charge is 0.467 e. The fourth-order valence-electron chi connectivity index (χ4n) is 16.5. The molecule has 2 aliphatic heterocycles. The van der Waals surface area contributed by atoms with Crippen molar-refractivity contribution in [2.24, 2.45) is 50.2 Å². The van der Waals surface area contributed by atoms with Gasteiger partial charge < -0.3 is 74.6 Å². The quantitative estimate of drug-likeness (QED) is 0.0272. The second-order valence-electron chi connectivity index (χ2n) is 27.3. The van der Waals surface area contributed by atoms with Crippen LogP contribution < -0.4 is 16.0 Å². The molecule has 22 nitrogen and oxygen atoms in total. The molecule has 25 heteroatoms. The molecule has 7 aliphatic rings. The molecule has 22 atom stereocenters. The van der Waals surface area contributed by atoms with Crippen LogP contribution in [0.1, 0.15) is 146 Å². The predicted molar refractivity (Wildman–Crippen MR) is 331 cm³/mol. The fraction of sp³-hybridized carbons (Fsp3) is 0.857. The highest BCUT2D eigenvalue weighted by atomic mass is 32.2. The van der Waals surface area contributed by atoms with Crippen molar-refractivity contribution in [2.45, 2.75) is 232 Å². The normalized spacial score (nSPS) is 39.5. The number of hydrogen-bond donors (Lipinski definition) is 8. The van der Waals surface area contributed by atoms with Gasteiger partial charge in [0.1, 0.15) is 54.7 Å². The van der Waals surface area contributed by atoms with E-state index in [2.05, 4.69) is 43.6 Å². The predicted octanol–water partition coefficient (Wildman–Crippen LogP) is 4.39. The molecule has 3 amide bonds. The maximum Gasteiger partial charge on any atom is 0.328 e. The Morgan fingerprint density at radius 3 is 1.60 bits per heavy atom. The zero-order valence-corrected chi connectivity index (χ0v) is 56.2. The molecule has 0 aromatic rings. The molecule has 0 aromatic carbocycles. The van der Waals surface area contributed by atoms with Crippen LogP contribution in [0.15, 0.2) is 11.6 Å². The Labute approximate surface area is 532 Å². The third-order valence-electron chi connectivity index (χ3n) is 21.9. The van der Waals surface area contributed by atoms with E-state index >= 15 is 4.79 Å². The molecule has 2 heterocycles. The van der Waals surface area contributed by atoms with E-state index in [9.17, 15) is 54.3 Å². The molecule has 5 aliphatic carbocycles. The van der Waals surface area contributed by atoms with Crippen LogP contribution in [-0.4, -0.2) is 208 Å². The minimum Gasteiger partial charge on any atom is -0.467 e. The van der Waals surface area contributed by atoms with Crippen LogP contribution in [0.2, 0.25) is 0 Å². The summed E-state index contributed by atoms with van der Waals surface area (Å²) in [6.45, 7) is 21.1. The maximum atomic E-state index is 15.5. The highest BCUT2D eigenvalue weighted by Crippen LogP contribution is 2.75. The number of ketones is 1. The van der Waals surface area contributed by atoms with Crippen LogP contribution in [0.5, 0.6) is 0 Å². The van der Waals surface area contributed by atoms with Gasteiger partial charge in [-0.05, 0) is 157 Å². The van der Waals surface area contributed by atoms with Gasteiger partial charge in [0.15, 0.2) is 30.6 Å². The first-order valence-corrected chi connectivity index (χ1v) is 35.0. The number of allylic oxidation sites excluding steroid dienone is 2. The Kier molecular flexibility index (Phi) is 24.2. The first kappa shape index (κ1) is 72.3. The maximum absolute atomic E-state index is 15.5. The molecule has 0 aromatic heterocycles. The standard InChI is InChI=1S/C63H101N3O19S3/c1-14-86-28-19-35(52(75)79-11)64-50(73)46-42(69)41(68)45(72)55(83-46)85-48-44(71)43(70)47(51(74)65-36(53(76)80-12)20-29-87-15-2)84-56(48)82-40-18-22-61(8)39(58(40,4)5)17-23-63(10)49(61)38(67)31-33-34-32-60(7,25-24-59(34,6)26-27-62(33,63)9)57(78)66-37(54(77)81-13)21-30-88-16-3/h31,34-37,39-49,55-56,68-72H,14-30,32H2,1-13H3,(H,64,73)(H,65,74)(H,66,78). The molecular weight excluding hydrogens is 1200 g/mol. The topological polar surface area (TPSA) is 321 Å². The first-order chi connectivity index (χ1) is 41.4. The average molecular weight is 1300 g/mol. The number of carbonyl (C=O) groups excluding carboxylic acids is 7. The zero-order chi connectivity index (χ0) is 65.1. The Bertz CT molecular complexity index is 2550. The molecule has 2 saturated heterocycles. The average Bonchev–Trinajstić information content (AvgIpc) is 0.701. The van der Waals surface area contributed by atoms with Crippen molar-refractivity contribution in [2.75, 3.05) is 55.8 Å². The lowest BCUT2D eigenvalue weighted by molar-refractivity contribution is -0.369. The third-order valence-corrected chi connectivity index (χ3v) is 24.7. The van der Waals surface area contributed by atoms with E-state index < -0.39 is 148 Å². The van der Waals surface area contributed by atoms with E-state index in [1.54, 1.807) is 11.8 Å². The first-order valence-electron chi connectivity index (χ1n) is 31.6. The van der Waals surface area contributed by atoms with Gasteiger partial charge in [0.25, 0.3) is 11.8 Å². The molecule has 22 unspecified atom stereocenters. The van der Waals surface area contributed by atoms with Gasteiger partial charge in [-0.3, -0.25) is 19.2 Å². The number of rotatable bonds is 25. The van der Waals surface area contributed by atoms with E-state index in [1.165, 1.54) is 37.7 Å². The van der Waals surface area contributed by atoms with Crippen molar-refractivity contribution in [1.29, 1.82) is 0 Å². The summed E-state index contributed by atoms with van der Waals surface area (Å²) in [6, 6.07) is -3.11. The number of fused-ring (bicyclic) bond motifs is 7. The Balaban J connectivity index is 1.18. The second-order valence-corrected chi connectivity index (χ2v) is 31.5. The zero-order valence-electron chi connectivity index (χ0n) is 53.8. The summed E-state index contributed by atoms with van der Waals surface area (Å²) in [5, 5.41) is 66.1. The van der Waals surface area contributed by atoms with Crippen molar-refractivity contribution in [1.82, 2.24) is 16.0 Å². The van der Waals surface area contributed by atoms with E-state index in [4.69, 9.17) is 33.2 Å². The van der Waals surface area contributed by atoms with Crippen molar-refractivity contribution in [3.63, 3.8) is 0 Å². The van der Waals surface area contributed by atoms with Gasteiger partial charge in [-0.25, -0.2) is 14.4 Å². The molecule has 7 rings (SSSR count). The lowest BCUT2D eigenvalue weighted by Gasteiger charge is -2.70. The minimum atomic E-state index is -2.09. The smallest absolute Gasteiger partial charge is 0.328 e. The van der Waals surface area contributed by atoms with Crippen LogP contribution in [-0.2, 0) is 66.7 Å². The van der Waals surface area contributed by atoms with Crippen LogP contribution in [0.4, 0.5) is 0 Å². The van der Waals surface area contributed by atoms with E-state index in [-0.39, 0.29) is 41.8 Å². The third kappa shape index (κ3) is 14.2. The molecule has 88 heavy (non-hydrogen) atoms. The summed E-state index contributed by atoms with van der Waals surface area (Å²) in [4.78, 5) is 96.9.